The topological polar surface area (TPSA) is 68.2 Å². The largest absolute Gasteiger partial charge is 0.350 e. The fourth-order valence-electron chi connectivity index (χ4n) is 3.54. The van der Waals surface area contributed by atoms with Crippen LogP contribution in [0.15, 0.2) is 83.9 Å². The molecule has 3 aromatic carbocycles. The van der Waals surface area contributed by atoms with Crippen molar-refractivity contribution in [2.75, 3.05) is 0 Å². The third-order valence-corrected chi connectivity index (χ3v) is 7.15. The number of nitrogens with zero attached hydrogens (tertiary/aromatic N) is 1. The Morgan fingerprint density at radius 3 is 2.44 bits per heavy atom. The maximum Gasteiger partial charge on any atom is 0.240 e. The number of benzene rings is 3. The van der Waals surface area contributed by atoms with Gasteiger partial charge in [0, 0.05) is 34.2 Å². The van der Waals surface area contributed by atoms with Crippen LogP contribution in [-0.4, -0.2) is 18.9 Å². The van der Waals surface area contributed by atoms with Gasteiger partial charge >= 0.3 is 0 Å². The quantitative estimate of drug-likeness (QED) is 0.425. The standard InChI is InChI=1S/C24H20ClFN2O3S/c25-20-10-6-11-21(26)19(20)16-32(30,31)23-14-28(22-12-5-4-9-18(22)23)15-24(29)27-13-17-7-2-1-3-8-17/h1-12,14H,13,15-16H2,(H,27,29). The minimum absolute atomic E-state index is 0.0308. The maximum absolute atomic E-state index is 14.2. The van der Waals surface area contributed by atoms with Gasteiger partial charge < -0.3 is 9.88 Å². The van der Waals surface area contributed by atoms with E-state index in [1.54, 1.807) is 28.8 Å². The van der Waals surface area contributed by atoms with Crippen LogP contribution in [0.4, 0.5) is 4.39 Å². The van der Waals surface area contributed by atoms with Gasteiger partial charge in [0.25, 0.3) is 0 Å². The monoisotopic (exact) mass is 470 g/mol. The number of aromatic nitrogens is 1. The van der Waals surface area contributed by atoms with Gasteiger partial charge in [0.2, 0.25) is 5.91 Å². The van der Waals surface area contributed by atoms with Crippen molar-refractivity contribution < 1.29 is 17.6 Å². The summed E-state index contributed by atoms with van der Waals surface area (Å²) >= 11 is 6.04. The van der Waals surface area contributed by atoms with Gasteiger partial charge in [-0.3, -0.25) is 4.79 Å². The number of hydrogen-bond donors (Lipinski definition) is 1. The normalized spacial score (nSPS) is 11.6. The predicted octanol–water partition coefficient (Wildman–Crippen LogP) is 4.72. The molecule has 0 aliphatic heterocycles. The number of sulfone groups is 1. The average molecular weight is 471 g/mol. The minimum Gasteiger partial charge on any atom is -0.350 e. The van der Waals surface area contributed by atoms with Gasteiger partial charge in [-0.15, -0.1) is 0 Å². The maximum atomic E-state index is 14.2. The highest BCUT2D eigenvalue weighted by atomic mass is 35.5. The molecule has 0 unspecified atom stereocenters. The molecule has 1 heterocycles. The second kappa shape index (κ2) is 9.14. The van der Waals surface area contributed by atoms with Crippen molar-refractivity contribution in [3.05, 3.63) is 101 Å². The molecule has 164 valence electrons. The number of halogens is 2. The van der Waals surface area contributed by atoms with E-state index in [0.29, 0.717) is 17.4 Å². The summed E-state index contributed by atoms with van der Waals surface area (Å²) in [6, 6.07) is 20.4. The Bertz CT molecular complexity index is 1360. The molecule has 0 bridgehead atoms. The lowest BCUT2D eigenvalue weighted by Crippen LogP contribution is -2.26. The van der Waals surface area contributed by atoms with Crippen LogP contribution in [0.1, 0.15) is 11.1 Å². The Labute approximate surface area is 190 Å². The number of carbonyl (C=O) groups is 1. The van der Waals surface area contributed by atoms with Gasteiger partial charge in [-0.1, -0.05) is 66.2 Å². The number of rotatable bonds is 7. The van der Waals surface area contributed by atoms with Gasteiger partial charge in [-0.05, 0) is 23.8 Å². The lowest BCUT2D eigenvalue weighted by molar-refractivity contribution is -0.121. The van der Waals surface area contributed by atoms with Crippen LogP contribution in [0.5, 0.6) is 0 Å². The first-order chi connectivity index (χ1) is 15.3. The van der Waals surface area contributed by atoms with E-state index in [2.05, 4.69) is 5.32 Å². The molecule has 0 saturated heterocycles. The average Bonchev–Trinajstić information content (AvgIpc) is 3.15. The van der Waals surface area contributed by atoms with E-state index < -0.39 is 21.4 Å². The minimum atomic E-state index is -3.93. The van der Waals surface area contributed by atoms with Crippen LogP contribution in [0.25, 0.3) is 10.9 Å². The first-order valence-corrected chi connectivity index (χ1v) is 11.9. The second-order valence-electron chi connectivity index (χ2n) is 7.36. The summed E-state index contributed by atoms with van der Waals surface area (Å²) in [6.07, 6.45) is 1.43. The fourth-order valence-corrected chi connectivity index (χ4v) is 5.47. The summed E-state index contributed by atoms with van der Waals surface area (Å²) in [7, 11) is -3.93. The number of fused-ring (bicyclic) bond motifs is 1. The number of carbonyl (C=O) groups excluding carboxylic acids is 1. The number of hydrogen-bond acceptors (Lipinski definition) is 3. The molecule has 32 heavy (non-hydrogen) atoms. The Hall–Kier alpha value is -3.16. The van der Waals surface area contributed by atoms with E-state index in [1.807, 2.05) is 30.3 Å². The molecule has 4 aromatic rings. The molecular formula is C24H20ClFN2O3S. The SMILES string of the molecule is O=C(Cn1cc(S(=O)(=O)Cc2c(F)cccc2Cl)c2ccccc21)NCc1ccccc1. The van der Waals surface area contributed by atoms with Crippen molar-refractivity contribution in [1.82, 2.24) is 9.88 Å². The molecule has 1 amide bonds. The van der Waals surface area contributed by atoms with Crippen molar-refractivity contribution in [1.29, 1.82) is 0 Å². The number of nitrogens with one attached hydrogen (secondary N) is 1. The molecule has 0 saturated carbocycles. The van der Waals surface area contributed by atoms with Gasteiger partial charge in [-0.25, -0.2) is 12.8 Å². The summed E-state index contributed by atoms with van der Waals surface area (Å²) in [5, 5.41) is 3.36. The van der Waals surface area contributed by atoms with Crippen LogP contribution in [0, 0.1) is 5.82 Å². The van der Waals surface area contributed by atoms with E-state index in [1.165, 1.54) is 24.4 Å². The third-order valence-electron chi connectivity index (χ3n) is 5.13. The molecule has 1 aromatic heterocycles. The zero-order chi connectivity index (χ0) is 22.7. The van der Waals surface area contributed by atoms with Crippen LogP contribution in [0.3, 0.4) is 0 Å². The van der Waals surface area contributed by atoms with Crippen molar-refractivity contribution in [3.8, 4) is 0 Å². The third kappa shape index (κ3) is 4.69. The van der Waals surface area contributed by atoms with Crippen LogP contribution in [-0.2, 0) is 33.5 Å². The highest BCUT2D eigenvalue weighted by Gasteiger charge is 2.24. The van der Waals surface area contributed by atoms with Gasteiger partial charge in [0.05, 0.1) is 10.6 Å². The van der Waals surface area contributed by atoms with E-state index in [0.717, 1.165) is 5.56 Å². The fraction of sp³-hybridized carbons (Fsp3) is 0.125. The van der Waals surface area contributed by atoms with Gasteiger partial charge in [0.15, 0.2) is 9.84 Å². The molecule has 0 atom stereocenters. The molecule has 5 nitrogen and oxygen atoms in total. The van der Waals surface area contributed by atoms with Crippen molar-refractivity contribution in [2.45, 2.75) is 23.7 Å². The summed E-state index contributed by atoms with van der Waals surface area (Å²) < 4.78 is 42.2. The Morgan fingerprint density at radius 1 is 0.969 bits per heavy atom. The molecule has 0 radical (unpaired) electrons. The number of amides is 1. The van der Waals surface area contributed by atoms with Crippen LogP contribution in [0.2, 0.25) is 5.02 Å². The predicted molar refractivity (Wildman–Crippen MR) is 123 cm³/mol. The van der Waals surface area contributed by atoms with Gasteiger partial charge in [0.1, 0.15) is 12.4 Å². The molecule has 0 fully saturated rings. The molecule has 0 aliphatic carbocycles. The number of para-hydroxylation sites is 1. The summed E-state index contributed by atoms with van der Waals surface area (Å²) in [5.41, 5.74) is 1.48. The van der Waals surface area contributed by atoms with E-state index >= 15 is 0 Å². The zero-order valence-corrected chi connectivity index (χ0v) is 18.5. The Balaban J connectivity index is 1.62. The molecule has 4 rings (SSSR count). The van der Waals surface area contributed by atoms with Crippen LogP contribution < -0.4 is 5.32 Å². The van der Waals surface area contributed by atoms with E-state index in [9.17, 15) is 17.6 Å². The van der Waals surface area contributed by atoms with Crippen molar-refractivity contribution >= 4 is 38.2 Å². The first-order valence-electron chi connectivity index (χ1n) is 9.89. The smallest absolute Gasteiger partial charge is 0.240 e. The molecule has 1 N–H and O–H groups in total. The molecule has 0 spiro atoms. The van der Waals surface area contributed by atoms with E-state index in [-0.39, 0.29) is 27.9 Å². The van der Waals surface area contributed by atoms with Crippen molar-refractivity contribution in [2.24, 2.45) is 0 Å². The zero-order valence-electron chi connectivity index (χ0n) is 17.0. The van der Waals surface area contributed by atoms with E-state index in [4.69, 9.17) is 11.6 Å². The summed E-state index contributed by atoms with van der Waals surface area (Å²) in [5.74, 6) is -1.51. The molecule has 8 heteroatoms. The Kier molecular flexibility index (Phi) is 6.30. The lowest BCUT2D eigenvalue weighted by Gasteiger charge is -2.07. The Morgan fingerprint density at radius 2 is 1.69 bits per heavy atom. The highest BCUT2D eigenvalue weighted by Crippen LogP contribution is 2.30. The lowest BCUT2D eigenvalue weighted by atomic mass is 10.2. The van der Waals surface area contributed by atoms with Crippen molar-refractivity contribution in [3.63, 3.8) is 0 Å². The molecule has 0 aliphatic rings. The first kappa shape index (κ1) is 22.0. The van der Waals surface area contributed by atoms with Crippen LogP contribution >= 0.6 is 11.6 Å². The highest BCUT2D eigenvalue weighted by molar-refractivity contribution is 7.90. The summed E-state index contributed by atoms with van der Waals surface area (Å²) in [6.45, 7) is 0.319. The second-order valence-corrected chi connectivity index (χ2v) is 9.73. The van der Waals surface area contributed by atoms with Gasteiger partial charge in [-0.2, -0.15) is 0 Å². The molecular weight excluding hydrogens is 451 g/mol. The summed E-state index contributed by atoms with van der Waals surface area (Å²) in [4.78, 5) is 12.6.